The van der Waals surface area contributed by atoms with Crippen molar-refractivity contribution >= 4 is 11.7 Å². The third-order valence-electron chi connectivity index (χ3n) is 4.92. The van der Waals surface area contributed by atoms with Gasteiger partial charge in [0.25, 0.3) is 0 Å². The van der Waals surface area contributed by atoms with Gasteiger partial charge in [-0.25, -0.2) is 9.18 Å². The van der Waals surface area contributed by atoms with E-state index in [9.17, 15) is 9.18 Å². The highest BCUT2D eigenvalue weighted by atomic mass is 19.1. The van der Waals surface area contributed by atoms with Crippen LogP contribution in [0.25, 0.3) is 0 Å². The molecule has 1 aromatic carbocycles. The van der Waals surface area contributed by atoms with E-state index in [4.69, 9.17) is 0 Å². The van der Waals surface area contributed by atoms with Gasteiger partial charge in [0, 0.05) is 31.7 Å². The summed E-state index contributed by atoms with van der Waals surface area (Å²) >= 11 is 0. The van der Waals surface area contributed by atoms with E-state index in [-0.39, 0.29) is 11.7 Å². The first-order valence-corrected chi connectivity index (χ1v) is 8.89. The molecule has 25 heavy (non-hydrogen) atoms. The molecule has 6 nitrogen and oxygen atoms in total. The molecule has 7 heteroatoms. The van der Waals surface area contributed by atoms with E-state index in [0.29, 0.717) is 24.9 Å². The molecule has 0 bridgehead atoms. The molecular weight excluding hydrogens is 321 g/mol. The number of carbonyl (C=O) groups is 1. The number of carbonyl (C=O) groups excluding carboxylic acids is 1. The molecule has 1 aliphatic heterocycles. The molecule has 1 saturated carbocycles. The number of urea groups is 1. The number of halogens is 1. The van der Waals surface area contributed by atoms with Crippen molar-refractivity contribution in [1.82, 2.24) is 19.9 Å². The largest absolute Gasteiger partial charge is 0.324 e. The maximum atomic E-state index is 13.7. The second-order valence-corrected chi connectivity index (χ2v) is 7.00. The highest BCUT2D eigenvalue weighted by Gasteiger charge is 2.28. The predicted octanol–water partition coefficient (Wildman–Crippen LogP) is 3.24. The fraction of sp³-hybridized carbons (Fsp3) is 0.500. The Bertz CT molecular complexity index is 757. The van der Waals surface area contributed by atoms with Gasteiger partial charge in [0.15, 0.2) is 0 Å². The minimum atomic E-state index is -0.417. The van der Waals surface area contributed by atoms with E-state index in [0.717, 1.165) is 25.1 Å². The molecule has 2 heterocycles. The first-order chi connectivity index (χ1) is 12.2. The Balaban J connectivity index is 1.35. The number of benzene rings is 1. The van der Waals surface area contributed by atoms with Gasteiger partial charge in [-0.3, -0.25) is 4.68 Å². The Labute approximate surface area is 146 Å². The van der Waals surface area contributed by atoms with Gasteiger partial charge in [-0.1, -0.05) is 17.3 Å². The van der Waals surface area contributed by atoms with Crippen LogP contribution in [0.2, 0.25) is 0 Å². The number of nitrogens with zero attached hydrogens (tertiary/aromatic N) is 4. The number of likely N-dealkylation sites (tertiary alicyclic amines) is 1. The van der Waals surface area contributed by atoms with Gasteiger partial charge in [0.2, 0.25) is 0 Å². The van der Waals surface area contributed by atoms with Crippen LogP contribution in [0.1, 0.15) is 37.3 Å². The van der Waals surface area contributed by atoms with Crippen LogP contribution in [0.4, 0.5) is 14.9 Å². The van der Waals surface area contributed by atoms with Gasteiger partial charge in [-0.05, 0) is 43.7 Å². The molecular formula is C18H22FN5O. The number of anilines is 1. The van der Waals surface area contributed by atoms with Crippen molar-refractivity contribution in [2.24, 2.45) is 5.92 Å². The lowest BCUT2D eigenvalue weighted by atomic mass is 9.98. The van der Waals surface area contributed by atoms with Gasteiger partial charge < -0.3 is 10.2 Å². The highest BCUT2D eigenvalue weighted by molar-refractivity contribution is 5.89. The number of hydrogen-bond donors (Lipinski definition) is 1. The third kappa shape index (κ3) is 3.81. The first-order valence-electron chi connectivity index (χ1n) is 8.89. The lowest BCUT2D eigenvalue weighted by molar-refractivity contribution is 0.168. The van der Waals surface area contributed by atoms with Crippen molar-refractivity contribution in [2.45, 2.75) is 38.1 Å². The topological polar surface area (TPSA) is 63.1 Å². The minimum absolute atomic E-state index is 0.222. The maximum Gasteiger partial charge on any atom is 0.321 e. The second kappa shape index (κ2) is 6.82. The number of hydrogen-bond acceptors (Lipinski definition) is 3. The molecule has 4 rings (SSSR count). The summed E-state index contributed by atoms with van der Waals surface area (Å²) in [5, 5.41) is 11.1. The average molecular weight is 343 g/mol. The van der Waals surface area contributed by atoms with E-state index in [2.05, 4.69) is 15.6 Å². The Kier molecular flexibility index (Phi) is 4.38. The van der Waals surface area contributed by atoms with E-state index < -0.39 is 5.82 Å². The van der Waals surface area contributed by atoms with E-state index in [1.54, 1.807) is 23.1 Å². The molecule has 0 spiro atoms. The fourth-order valence-electron chi connectivity index (χ4n) is 3.39. The Morgan fingerprint density at radius 3 is 2.92 bits per heavy atom. The Morgan fingerprint density at radius 1 is 1.28 bits per heavy atom. The van der Waals surface area contributed by atoms with Crippen molar-refractivity contribution in [3.63, 3.8) is 0 Å². The molecule has 2 aromatic rings. The molecule has 1 aliphatic carbocycles. The van der Waals surface area contributed by atoms with Crippen LogP contribution in [0.3, 0.4) is 0 Å². The molecule has 2 amide bonds. The van der Waals surface area contributed by atoms with Crippen LogP contribution in [-0.2, 0) is 6.54 Å². The van der Waals surface area contributed by atoms with Crippen molar-refractivity contribution < 1.29 is 9.18 Å². The maximum absolute atomic E-state index is 13.7. The monoisotopic (exact) mass is 343 g/mol. The smallest absolute Gasteiger partial charge is 0.321 e. The standard InChI is InChI=1S/C18H22FN5O/c19-15-5-1-2-6-16(15)20-18(25)23-9-3-4-13(10-23)11-24-12-17(21-22-24)14-7-8-14/h1-2,5-6,12-14H,3-4,7-11H2,(H,20,25)/t13-/m1/s1. The highest BCUT2D eigenvalue weighted by Crippen LogP contribution is 2.38. The molecule has 1 saturated heterocycles. The summed E-state index contributed by atoms with van der Waals surface area (Å²) in [6, 6.07) is 5.99. The molecule has 2 aliphatic rings. The Hall–Kier alpha value is -2.44. The zero-order valence-electron chi connectivity index (χ0n) is 14.1. The van der Waals surface area contributed by atoms with Crippen LogP contribution in [-0.4, -0.2) is 39.0 Å². The Morgan fingerprint density at radius 2 is 2.12 bits per heavy atom. The quantitative estimate of drug-likeness (QED) is 0.927. The van der Waals surface area contributed by atoms with Gasteiger partial charge in [0.1, 0.15) is 5.82 Å². The number of amides is 2. The molecule has 1 aromatic heterocycles. The van der Waals surface area contributed by atoms with Crippen LogP contribution in [0, 0.1) is 11.7 Å². The first kappa shape index (κ1) is 16.1. The molecule has 0 unspecified atom stereocenters. The van der Waals surface area contributed by atoms with Crippen molar-refractivity contribution in [1.29, 1.82) is 0 Å². The van der Waals surface area contributed by atoms with Crippen LogP contribution in [0.5, 0.6) is 0 Å². The summed E-state index contributed by atoms with van der Waals surface area (Å²) < 4.78 is 15.6. The van der Waals surface area contributed by atoms with Crippen molar-refractivity contribution in [3.8, 4) is 0 Å². The fourth-order valence-corrected chi connectivity index (χ4v) is 3.39. The predicted molar refractivity (Wildman–Crippen MR) is 91.7 cm³/mol. The minimum Gasteiger partial charge on any atom is -0.324 e. The number of rotatable bonds is 4. The van der Waals surface area contributed by atoms with Crippen LogP contribution < -0.4 is 5.32 Å². The van der Waals surface area contributed by atoms with E-state index in [1.807, 2.05) is 10.9 Å². The summed E-state index contributed by atoms with van der Waals surface area (Å²) in [7, 11) is 0. The lowest BCUT2D eigenvalue weighted by Crippen LogP contribution is -2.43. The summed E-state index contributed by atoms with van der Waals surface area (Å²) in [5.41, 5.74) is 1.31. The molecule has 2 fully saturated rings. The number of nitrogens with one attached hydrogen (secondary N) is 1. The molecule has 1 atom stereocenters. The van der Waals surface area contributed by atoms with Crippen LogP contribution in [0.15, 0.2) is 30.5 Å². The zero-order valence-corrected chi connectivity index (χ0v) is 14.1. The van der Waals surface area contributed by atoms with Crippen molar-refractivity contribution in [3.05, 3.63) is 42.0 Å². The van der Waals surface area contributed by atoms with Gasteiger partial charge >= 0.3 is 6.03 Å². The summed E-state index contributed by atoms with van der Waals surface area (Å²) in [5.74, 6) is 0.525. The van der Waals surface area contributed by atoms with Gasteiger partial charge in [-0.15, -0.1) is 5.10 Å². The summed E-state index contributed by atoms with van der Waals surface area (Å²) in [4.78, 5) is 14.2. The number of para-hydroxylation sites is 1. The average Bonchev–Trinajstić information content (AvgIpc) is 3.37. The zero-order chi connectivity index (χ0) is 17.2. The van der Waals surface area contributed by atoms with E-state index >= 15 is 0 Å². The normalized spacial score (nSPS) is 20.5. The van der Waals surface area contributed by atoms with Gasteiger partial charge in [0.05, 0.1) is 11.4 Å². The SMILES string of the molecule is O=C(Nc1ccccc1F)N1CCC[C@@H](Cn2cc(C3CC3)nn2)C1. The van der Waals surface area contributed by atoms with Gasteiger partial charge in [-0.2, -0.15) is 0 Å². The van der Waals surface area contributed by atoms with Crippen molar-refractivity contribution in [2.75, 3.05) is 18.4 Å². The lowest BCUT2D eigenvalue weighted by Gasteiger charge is -2.32. The number of piperidine rings is 1. The molecule has 132 valence electrons. The second-order valence-electron chi connectivity index (χ2n) is 7.00. The third-order valence-corrected chi connectivity index (χ3v) is 4.92. The number of aromatic nitrogens is 3. The summed E-state index contributed by atoms with van der Waals surface area (Å²) in [6.07, 6.45) is 6.47. The van der Waals surface area contributed by atoms with E-state index in [1.165, 1.54) is 18.9 Å². The van der Waals surface area contributed by atoms with Crippen LogP contribution >= 0.6 is 0 Å². The molecule has 1 N–H and O–H groups in total. The molecule has 0 radical (unpaired) electrons. The summed E-state index contributed by atoms with van der Waals surface area (Å²) in [6.45, 7) is 2.11.